The minimum Gasteiger partial charge on any atom is -0.254 e. The molecule has 0 unspecified atom stereocenters. The Hall–Kier alpha value is -1.94. The summed E-state index contributed by atoms with van der Waals surface area (Å²) in [6.07, 6.45) is 3.54. The number of halogens is 2. The van der Waals surface area contributed by atoms with Gasteiger partial charge in [0.15, 0.2) is 0 Å². The van der Waals surface area contributed by atoms with Gasteiger partial charge in [-0.2, -0.15) is 0 Å². The molecule has 0 bridgehead atoms. The maximum atomic E-state index is 6.45. The third-order valence-corrected chi connectivity index (χ3v) is 5.53. The molecule has 2 aromatic heterocycles. The number of benzene rings is 2. The Morgan fingerprint density at radius 2 is 1.78 bits per heavy atom. The van der Waals surface area contributed by atoms with Crippen LogP contribution >= 0.6 is 34.5 Å². The first kappa shape index (κ1) is 14.6. The highest BCUT2D eigenvalue weighted by Crippen LogP contribution is 2.35. The molecule has 4 rings (SSSR count). The summed E-state index contributed by atoms with van der Waals surface area (Å²) in [5, 5.41) is 3.36. The average molecular weight is 357 g/mol. The average Bonchev–Trinajstić information content (AvgIpc) is 2.91. The Kier molecular flexibility index (Phi) is 3.77. The number of aliphatic imine (C=N–C) groups is 1. The lowest BCUT2D eigenvalue weighted by molar-refractivity contribution is 1.39. The van der Waals surface area contributed by atoms with Crippen LogP contribution in [-0.2, 0) is 0 Å². The summed E-state index contributed by atoms with van der Waals surface area (Å²) in [5.74, 6) is 0. The highest BCUT2D eigenvalue weighted by Gasteiger charge is 2.09. The second-order valence-electron chi connectivity index (χ2n) is 5.00. The summed E-state index contributed by atoms with van der Waals surface area (Å²) < 4.78 is 1.15. The topological polar surface area (TPSA) is 25.2 Å². The van der Waals surface area contributed by atoms with Crippen molar-refractivity contribution < 1.29 is 0 Å². The van der Waals surface area contributed by atoms with E-state index >= 15 is 0 Å². The quantitative estimate of drug-likeness (QED) is 0.376. The van der Waals surface area contributed by atoms with E-state index in [9.17, 15) is 0 Å². The molecule has 0 radical (unpaired) electrons. The molecule has 5 heteroatoms. The van der Waals surface area contributed by atoms with Crippen LogP contribution in [0.15, 0.2) is 59.7 Å². The predicted octanol–water partition coefficient (Wildman–Crippen LogP) is 6.51. The molecule has 0 fully saturated rings. The second-order valence-corrected chi connectivity index (χ2v) is 6.87. The minimum atomic E-state index is 0.673. The molecule has 23 heavy (non-hydrogen) atoms. The zero-order chi connectivity index (χ0) is 15.8. The van der Waals surface area contributed by atoms with Gasteiger partial charge in [-0.25, -0.2) is 0 Å². The van der Waals surface area contributed by atoms with Gasteiger partial charge in [0.05, 0.1) is 26.1 Å². The van der Waals surface area contributed by atoms with Gasteiger partial charge >= 0.3 is 0 Å². The van der Waals surface area contributed by atoms with E-state index in [0.717, 1.165) is 36.6 Å². The number of thiophene rings is 1. The van der Waals surface area contributed by atoms with Gasteiger partial charge in [-0.3, -0.25) is 9.98 Å². The maximum absolute atomic E-state index is 6.45. The smallest absolute Gasteiger partial charge is 0.0973 e. The van der Waals surface area contributed by atoms with Gasteiger partial charge in [-0.15, -0.1) is 11.3 Å². The zero-order valence-corrected chi connectivity index (χ0v) is 14.2. The zero-order valence-electron chi connectivity index (χ0n) is 11.8. The van der Waals surface area contributed by atoms with Crippen LogP contribution in [0.2, 0.25) is 10.0 Å². The molecule has 0 saturated heterocycles. The van der Waals surface area contributed by atoms with Crippen LogP contribution in [0.25, 0.3) is 21.0 Å². The Morgan fingerprint density at radius 3 is 2.65 bits per heavy atom. The van der Waals surface area contributed by atoms with Gasteiger partial charge < -0.3 is 0 Å². The largest absolute Gasteiger partial charge is 0.254 e. The number of nitrogens with zero attached hydrogens (tertiary/aromatic N) is 2. The molecule has 0 aliphatic heterocycles. The van der Waals surface area contributed by atoms with Crippen LogP contribution in [-0.4, -0.2) is 11.2 Å². The Bertz CT molecular complexity index is 1050. The van der Waals surface area contributed by atoms with Crippen LogP contribution in [0, 0.1) is 0 Å². The SMILES string of the molecule is Clc1c(C=Nc2ccc(Cl)c3cccnc23)sc2ccccc12. The number of hydrogen-bond acceptors (Lipinski definition) is 3. The standard InChI is InChI=1S/C18H10Cl2N2S/c19-13-7-8-14(18-11(13)5-3-9-21-18)22-10-16-17(20)12-4-1-2-6-15(12)23-16/h1-10H. The third kappa shape index (κ3) is 2.61. The van der Waals surface area contributed by atoms with E-state index in [2.05, 4.69) is 16.0 Å². The molecular formula is C18H10Cl2N2S. The Labute approximate surface area is 147 Å². The Morgan fingerprint density at radius 1 is 0.957 bits per heavy atom. The minimum absolute atomic E-state index is 0.673. The van der Waals surface area contributed by atoms with Crippen LogP contribution in [0.3, 0.4) is 0 Å². The summed E-state index contributed by atoms with van der Waals surface area (Å²) >= 11 is 14.3. The van der Waals surface area contributed by atoms with Gasteiger partial charge in [0.25, 0.3) is 0 Å². The predicted molar refractivity (Wildman–Crippen MR) is 101 cm³/mol. The van der Waals surface area contributed by atoms with Crippen molar-refractivity contribution in [2.24, 2.45) is 4.99 Å². The molecule has 0 amide bonds. The van der Waals surface area contributed by atoms with Gasteiger partial charge in [0, 0.05) is 27.9 Å². The fourth-order valence-electron chi connectivity index (χ4n) is 2.47. The number of pyridine rings is 1. The molecule has 0 N–H and O–H groups in total. The molecule has 4 aromatic rings. The molecule has 2 heterocycles. The number of rotatable bonds is 2. The highest BCUT2D eigenvalue weighted by atomic mass is 35.5. The highest BCUT2D eigenvalue weighted by molar-refractivity contribution is 7.21. The molecule has 0 aliphatic rings. The lowest BCUT2D eigenvalue weighted by Crippen LogP contribution is -1.81. The van der Waals surface area contributed by atoms with Crippen molar-refractivity contribution in [1.29, 1.82) is 0 Å². The van der Waals surface area contributed by atoms with E-state index in [0.29, 0.717) is 5.02 Å². The van der Waals surface area contributed by atoms with Crippen LogP contribution in [0.4, 0.5) is 5.69 Å². The maximum Gasteiger partial charge on any atom is 0.0973 e. The summed E-state index contributed by atoms with van der Waals surface area (Å²) in [6.45, 7) is 0. The van der Waals surface area contributed by atoms with Crippen molar-refractivity contribution in [3.63, 3.8) is 0 Å². The molecule has 2 aromatic carbocycles. The van der Waals surface area contributed by atoms with Crippen molar-refractivity contribution in [3.8, 4) is 0 Å². The van der Waals surface area contributed by atoms with Crippen molar-refractivity contribution in [3.05, 3.63) is 69.7 Å². The van der Waals surface area contributed by atoms with E-state index in [4.69, 9.17) is 23.2 Å². The van der Waals surface area contributed by atoms with Crippen molar-refractivity contribution in [2.45, 2.75) is 0 Å². The van der Waals surface area contributed by atoms with Gasteiger partial charge in [0.1, 0.15) is 0 Å². The van der Waals surface area contributed by atoms with Crippen molar-refractivity contribution in [2.75, 3.05) is 0 Å². The molecule has 0 saturated carbocycles. The van der Waals surface area contributed by atoms with Gasteiger partial charge in [-0.1, -0.05) is 41.4 Å². The molecule has 112 valence electrons. The second kappa shape index (κ2) is 5.93. The summed E-state index contributed by atoms with van der Waals surface area (Å²) in [6, 6.07) is 15.6. The third-order valence-electron chi connectivity index (χ3n) is 3.58. The molecule has 2 nitrogen and oxygen atoms in total. The summed E-state index contributed by atoms with van der Waals surface area (Å²) in [5.41, 5.74) is 1.56. The first-order valence-corrected chi connectivity index (χ1v) is 8.55. The summed E-state index contributed by atoms with van der Waals surface area (Å²) in [4.78, 5) is 9.91. The van der Waals surface area contributed by atoms with Crippen molar-refractivity contribution in [1.82, 2.24) is 4.98 Å². The van der Waals surface area contributed by atoms with E-state index < -0.39 is 0 Å². The summed E-state index contributed by atoms with van der Waals surface area (Å²) in [7, 11) is 0. The monoisotopic (exact) mass is 356 g/mol. The van der Waals surface area contributed by atoms with Crippen LogP contribution < -0.4 is 0 Å². The van der Waals surface area contributed by atoms with E-state index in [1.165, 1.54) is 0 Å². The van der Waals surface area contributed by atoms with Gasteiger partial charge in [-0.05, 0) is 30.3 Å². The number of aromatic nitrogens is 1. The first-order valence-electron chi connectivity index (χ1n) is 6.98. The fourth-order valence-corrected chi connectivity index (χ4v) is 4.04. The van der Waals surface area contributed by atoms with Crippen LogP contribution in [0.1, 0.15) is 4.88 Å². The lowest BCUT2D eigenvalue weighted by Gasteiger charge is -2.02. The van der Waals surface area contributed by atoms with Gasteiger partial charge in [0.2, 0.25) is 0 Å². The van der Waals surface area contributed by atoms with E-state index in [1.807, 2.05) is 42.5 Å². The lowest BCUT2D eigenvalue weighted by atomic mass is 10.2. The van der Waals surface area contributed by atoms with E-state index in [-0.39, 0.29) is 0 Å². The molecule has 0 aliphatic carbocycles. The first-order chi connectivity index (χ1) is 11.2. The Balaban J connectivity index is 1.82. The number of fused-ring (bicyclic) bond motifs is 2. The van der Waals surface area contributed by atoms with Crippen molar-refractivity contribution >= 4 is 67.4 Å². The number of hydrogen-bond donors (Lipinski definition) is 0. The fraction of sp³-hybridized carbons (Fsp3) is 0. The normalized spacial score (nSPS) is 11.7. The molecule has 0 atom stereocenters. The molecular weight excluding hydrogens is 347 g/mol. The molecule has 0 spiro atoms. The van der Waals surface area contributed by atoms with E-state index in [1.54, 1.807) is 23.7 Å². The van der Waals surface area contributed by atoms with Crippen LogP contribution in [0.5, 0.6) is 0 Å².